The van der Waals surface area contributed by atoms with E-state index in [9.17, 15) is 9.59 Å². The first-order valence-corrected chi connectivity index (χ1v) is 6.98. The standard InChI is InChI=1S/C17H13NO4/c1-21-17(20)14-13(11-7-4-8-22-11)12-9-5-2-3-6-10(9)18-15(12)16(14)19/h2-8,13-14,18H,1H3/t13-,14+/m1/s1. The predicted octanol–water partition coefficient (Wildman–Crippen LogP) is 2.88. The lowest BCUT2D eigenvalue weighted by Gasteiger charge is -2.15. The lowest BCUT2D eigenvalue weighted by molar-refractivity contribution is -0.143. The Morgan fingerprint density at radius 1 is 1.23 bits per heavy atom. The number of benzene rings is 1. The van der Waals surface area contributed by atoms with E-state index in [4.69, 9.17) is 9.15 Å². The minimum atomic E-state index is -0.901. The summed E-state index contributed by atoms with van der Waals surface area (Å²) in [5, 5.41) is 0.929. The summed E-state index contributed by atoms with van der Waals surface area (Å²) in [4.78, 5) is 28.0. The number of esters is 1. The number of methoxy groups -OCH3 is 1. The van der Waals surface area contributed by atoms with Crippen LogP contribution in [0.15, 0.2) is 47.1 Å². The molecular weight excluding hydrogens is 282 g/mol. The molecule has 1 aliphatic rings. The smallest absolute Gasteiger partial charge is 0.317 e. The highest BCUT2D eigenvalue weighted by Gasteiger charge is 2.49. The van der Waals surface area contributed by atoms with Crippen molar-refractivity contribution in [1.29, 1.82) is 0 Å². The second kappa shape index (κ2) is 4.59. The third-order valence-corrected chi connectivity index (χ3v) is 4.22. The van der Waals surface area contributed by atoms with Gasteiger partial charge in [0.1, 0.15) is 11.7 Å². The average Bonchev–Trinajstić information content (AvgIpc) is 3.23. The molecule has 22 heavy (non-hydrogen) atoms. The van der Waals surface area contributed by atoms with Gasteiger partial charge < -0.3 is 14.1 Å². The molecule has 5 heteroatoms. The average molecular weight is 295 g/mol. The van der Waals surface area contributed by atoms with Crippen molar-refractivity contribution in [2.24, 2.45) is 5.92 Å². The van der Waals surface area contributed by atoms with E-state index in [2.05, 4.69) is 4.98 Å². The van der Waals surface area contributed by atoms with Gasteiger partial charge in [-0.15, -0.1) is 0 Å². The molecule has 4 rings (SSSR count). The molecule has 2 atom stereocenters. The minimum absolute atomic E-state index is 0.251. The fourth-order valence-corrected chi connectivity index (χ4v) is 3.30. The highest BCUT2D eigenvalue weighted by molar-refractivity contribution is 6.16. The molecule has 2 heterocycles. The largest absolute Gasteiger partial charge is 0.469 e. The van der Waals surface area contributed by atoms with E-state index < -0.39 is 17.8 Å². The van der Waals surface area contributed by atoms with Gasteiger partial charge >= 0.3 is 5.97 Å². The van der Waals surface area contributed by atoms with Crippen molar-refractivity contribution in [2.45, 2.75) is 5.92 Å². The maximum absolute atomic E-state index is 12.7. The maximum atomic E-state index is 12.7. The number of fused-ring (bicyclic) bond motifs is 3. The van der Waals surface area contributed by atoms with Gasteiger partial charge in [-0.3, -0.25) is 9.59 Å². The number of H-pyrrole nitrogens is 1. The lowest BCUT2D eigenvalue weighted by Crippen LogP contribution is -2.26. The van der Waals surface area contributed by atoms with Gasteiger partial charge in [-0.2, -0.15) is 0 Å². The molecule has 0 amide bonds. The van der Waals surface area contributed by atoms with Crippen LogP contribution in [0, 0.1) is 5.92 Å². The molecule has 3 aromatic rings. The van der Waals surface area contributed by atoms with Crippen molar-refractivity contribution in [3.05, 3.63) is 59.7 Å². The first-order chi connectivity index (χ1) is 10.7. The number of carbonyl (C=O) groups is 2. The first-order valence-electron chi connectivity index (χ1n) is 6.98. The quantitative estimate of drug-likeness (QED) is 0.583. The number of furan rings is 1. The number of rotatable bonds is 2. The van der Waals surface area contributed by atoms with Crippen LogP contribution in [0.2, 0.25) is 0 Å². The highest BCUT2D eigenvalue weighted by Crippen LogP contribution is 2.46. The van der Waals surface area contributed by atoms with Crippen LogP contribution < -0.4 is 0 Å². The summed E-state index contributed by atoms with van der Waals surface area (Å²) in [5.41, 5.74) is 2.16. The zero-order valence-corrected chi connectivity index (χ0v) is 11.8. The molecule has 0 saturated carbocycles. The summed E-state index contributed by atoms with van der Waals surface area (Å²) < 4.78 is 10.3. The van der Waals surface area contributed by atoms with Gasteiger partial charge in [0.25, 0.3) is 0 Å². The number of ketones is 1. The van der Waals surface area contributed by atoms with Crippen LogP contribution >= 0.6 is 0 Å². The highest BCUT2D eigenvalue weighted by atomic mass is 16.5. The SMILES string of the molecule is COC(=O)[C@@H]1C(=O)c2[nH]c3ccccc3c2[C@H]1c1ccco1. The van der Waals surface area contributed by atoms with Crippen molar-refractivity contribution in [3.63, 3.8) is 0 Å². The molecule has 110 valence electrons. The molecular formula is C17H13NO4. The van der Waals surface area contributed by atoms with E-state index in [0.29, 0.717) is 11.5 Å². The third kappa shape index (κ3) is 1.59. The number of aromatic nitrogens is 1. The molecule has 2 aromatic heterocycles. The summed E-state index contributed by atoms with van der Waals surface area (Å²) in [7, 11) is 1.29. The number of nitrogens with one attached hydrogen (secondary N) is 1. The van der Waals surface area contributed by atoms with E-state index in [-0.39, 0.29) is 5.78 Å². The molecule has 1 N–H and O–H groups in total. The zero-order chi connectivity index (χ0) is 15.3. The van der Waals surface area contributed by atoms with Gasteiger partial charge in [-0.1, -0.05) is 18.2 Å². The molecule has 0 bridgehead atoms. The van der Waals surface area contributed by atoms with E-state index in [1.165, 1.54) is 7.11 Å². The van der Waals surface area contributed by atoms with Crippen LogP contribution in [0.1, 0.15) is 27.7 Å². The predicted molar refractivity (Wildman–Crippen MR) is 78.7 cm³/mol. The van der Waals surface area contributed by atoms with Gasteiger partial charge in [0.2, 0.25) is 0 Å². The Kier molecular flexibility index (Phi) is 2.69. The molecule has 1 aliphatic carbocycles. The van der Waals surface area contributed by atoms with Crippen molar-refractivity contribution in [2.75, 3.05) is 7.11 Å². The fourth-order valence-electron chi connectivity index (χ4n) is 3.30. The van der Waals surface area contributed by atoms with Crippen molar-refractivity contribution >= 4 is 22.7 Å². The number of aromatic amines is 1. The Balaban J connectivity index is 2.00. The second-order valence-corrected chi connectivity index (χ2v) is 5.32. The van der Waals surface area contributed by atoms with Gasteiger partial charge in [0.15, 0.2) is 5.78 Å². The van der Waals surface area contributed by atoms with Gasteiger partial charge in [0.05, 0.1) is 25.0 Å². The van der Waals surface area contributed by atoms with Crippen LogP contribution in [0.3, 0.4) is 0 Å². The fraction of sp³-hybridized carbons (Fsp3) is 0.176. The Labute approximate surface area is 125 Å². The molecule has 0 radical (unpaired) electrons. The third-order valence-electron chi connectivity index (χ3n) is 4.22. The minimum Gasteiger partial charge on any atom is -0.469 e. The van der Waals surface area contributed by atoms with Gasteiger partial charge in [-0.05, 0) is 18.2 Å². The van der Waals surface area contributed by atoms with Crippen LogP contribution in [0.25, 0.3) is 10.9 Å². The van der Waals surface area contributed by atoms with Gasteiger partial charge in [-0.25, -0.2) is 0 Å². The summed E-state index contributed by atoms with van der Waals surface area (Å²) >= 11 is 0. The second-order valence-electron chi connectivity index (χ2n) is 5.32. The summed E-state index contributed by atoms with van der Waals surface area (Å²) in [6.07, 6.45) is 1.54. The zero-order valence-electron chi connectivity index (χ0n) is 11.8. The Hall–Kier alpha value is -2.82. The first kappa shape index (κ1) is 12.9. The molecule has 0 saturated heterocycles. The molecule has 0 fully saturated rings. The normalized spacial score (nSPS) is 20.3. The Morgan fingerprint density at radius 3 is 2.77 bits per heavy atom. The Morgan fingerprint density at radius 2 is 2.05 bits per heavy atom. The van der Waals surface area contributed by atoms with Gasteiger partial charge in [0, 0.05) is 16.5 Å². The van der Waals surface area contributed by atoms with Crippen LogP contribution in [-0.2, 0) is 9.53 Å². The molecule has 5 nitrogen and oxygen atoms in total. The lowest BCUT2D eigenvalue weighted by atomic mass is 9.88. The van der Waals surface area contributed by atoms with E-state index in [1.807, 2.05) is 24.3 Å². The van der Waals surface area contributed by atoms with E-state index in [1.54, 1.807) is 18.4 Å². The van der Waals surface area contributed by atoms with Crippen LogP contribution in [-0.4, -0.2) is 23.8 Å². The Bertz CT molecular complexity index is 875. The monoisotopic (exact) mass is 295 g/mol. The number of para-hydroxylation sites is 1. The number of carbonyl (C=O) groups excluding carboxylic acids is 2. The molecule has 0 spiro atoms. The van der Waals surface area contributed by atoms with E-state index >= 15 is 0 Å². The van der Waals surface area contributed by atoms with Crippen LogP contribution in [0.4, 0.5) is 0 Å². The summed E-state index contributed by atoms with van der Waals surface area (Å²) in [6, 6.07) is 11.2. The topological polar surface area (TPSA) is 72.3 Å². The summed E-state index contributed by atoms with van der Waals surface area (Å²) in [5.74, 6) is -1.56. The summed E-state index contributed by atoms with van der Waals surface area (Å²) in [6.45, 7) is 0. The number of hydrogen-bond donors (Lipinski definition) is 1. The molecule has 0 aliphatic heterocycles. The van der Waals surface area contributed by atoms with E-state index in [0.717, 1.165) is 16.5 Å². The van der Waals surface area contributed by atoms with Crippen molar-refractivity contribution in [3.8, 4) is 0 Å². The van der Waals surface area contributed by atoms with Crippen LogP contribution in [0.5, 0.6) is 0 Å². The van der Waals surface area contributed by atoms with Crippen molar-refractivity contribution in [1.82, 2.24) is 4.98 Å². The number of ether oxygens (including phenoxy) is 1. The molecule has 1 aromatic carbocycles. The molecule has 0 unspecified atom stereocenters. The maximum Gasteiger partial charge on any atom is 0.317 e. The van der Waals surface area contributed by atoms with Crippen molar-refractivity contribution < 1.29 is 18.7 Å². The number of Topliss-reactive ketones (excluding diaryl/α,β-unsaturated/α-hetero) is 1. The number of hydrogen-bond acceptors (Lipinski definition) is 4.